The van der Waals surface area contributed by atoms with Gasteiger partial charge in [-0.25, -0.2) is 4.98 Å². The Labute approximate surface area is 204 Å². The van der Waals surface area contributed by atoms with Crippen molar-refractivity contribution in [3.63, 3.8) is 0 Å². The molecule has 35 heavy (non-hydrogen) atoms. The van der Waals surface area contributed by atoms with Crippen LogP contribution in [0.25, 0.3) is 22.8 Å². The number of amides is 2. The molecule has 0 aliphatic carbocycles. The third kappa shape index (κ3) is 5.01. The molecule has 3 aromatic carbocycles. The second kappa shape index (κ2) is 9.97. The van der Waals surface area contributed by atoms with Gasteiger partial charge in [0.1, 0.15) is 0 Å². The minimum Gasteiger partial charge on any atom is -0.436 e. The molecule has 0 bridgehead atoms. The molecule has 0 radical (unpaired) electrons. The number of hydrogen-bond acceptors (Lipinski definition) is 4. The first-order valence-corrected chi connectivity index (χ1v) is 11.9. The van der Waals surface area contributed by atoms with Crippen LogP contribution in [0.2, 0.25) is 0 Å². The molecule has 0 atom stereocenters. The zero-order valence-electron chi connectivity index (χ0n) is 19.6. The molecule has 176 valence electrons. The number of piperidine rings is 1. The van der Waals surface area contributed by atoms with Crippen LogP contribution in [-0.2, 0) is 0 Å². The van der Waals surface area contributed by atoms with Crippen molar-refractivity contribution < 1.29 is 14.0 Å². The summed E-state index contributed by atoms with van der Waals surface area (Å²) in [4.78, 5) is 32.2. The number of hydrogen-bond donors (Lipinski definition) is 1. The summed E-state index contributed by atoms with van der Waals surface area (Å²) in [6.07, 6.45) is 3.12. The summed E-state index contributed by atoms with van der Waals surface area (Å²) < 4.78 is 6.05. The van der Waals surface area contributed by atoms with Gasteiger partial charge in [-0.05, 0) is 44.0 Å². The summed E-state index contributed by atoms with van der Waals surface area (Å²) in [5.74, 6) is 0.962. The smallest absolute Gasteiger partial charge is 0.254 e. The Bertz CT molecular complexity index is 1320. The summed E-state index contributed by atoms with van der Waals surface area (Å²) in [6, 6.07) is 24.7. The fourth-order valence-corrected chi connectivity index (χ4v) is 4.36. The lowest BCUT2D eigenvalue weighted by Gasteiger charge is -2.32. The van der Waals surface area contributed by atoms with E-state index < -0.39 is 0 Å². The third-order valence-electron chi connectivity index (χ3n) is 6.38. The molecule has 0 unspecified atom stereocenters. The zero-order chi connectivity index (χ0) is 24.2. The molecule has 5 rings (SSSR count). The number of likely N-dealkylation sites (tertiary alicyclic amines) is 1. The SMILES string of the molecule is Cc1ccc(-c2cnc(-c3ccccc3C(=O)N3CCC(NC(=O)c4ccccc4)CC3)o2)cc1. The van der Waals surface area contributed by atoms with Gasteiger partial charge in [-0.2, -0.15) is 0 Å². The monoisotopic (exact) mass is 465 g/mol. The Balaban J connectivity index is 1.27. The number of nitrogens with zero attached hydrogens (tertiary/aromatic N) is 2. The second-order valence-electron chi connectivity index (χ2n) is 8.85. The molecule has 2 amide bonds. The summed E-state index contributed by atoms with van der Waals surface area (Å²) in [7, 11) is 0. The number of rotatable bonds is 5. The van der Waals surface area contributed by atoms with E-state index in [0.29, 0.717) is 54.3 Å². The second-order valence-corrected chi connectivity index (χ2v) is 8.85. The van der Waals surface area contributed by atoms with Gasteiger partial charge in [-0.15, -0.1) is 0 Å². The van der Waals surface area contributed by atoms with E-state index in [9.17, 15) is 9.59 Å². The molecule has 2 heterocycles. The highest BCUT2D eigenvalue weighted by molar-refractivity contribution is 6.00. The van der Waals surface area contributed by atoms with E-state index in [1.54, 1.807) is 18.3 Å². The number of oxazole rings is 1. The van der Waals surface area contributed by atoms with E-state index in [-0.39, 0.29) is 17.9 Å². The molecule has 1 aromatic heterocycles. The molecule has 1 aliphatic rings. The minimum absolute atomic E-state index is 0.0470. The largest absolute Gasteiger partial charge is 0.436 e. The maximum Gasteiger partial charge on any atom is 0.254 e. The van der Waals surface area contributed by atoms with Gasteiger partial charge in [-0.3, -0.25) is 9.59 Å². The van der Waals surface area contributed by atoms with Crippen LogP contribution in [0.15, 0.2) is 89.5 Å². The van der Waals surface area contributed by atoms with Crippen molar-refractivity contribution >= 4 is 11.8 Å². The van der Waals surface area contributed by atoms with E-state index in [1.165, 1.54) is 5.56 Å². The average molecular weight is 466 g/mol. The molecular weight excluding hydrogens is 438 g/mol. The predicted molar refractivity (Wildman–Crippen MR) is 135 cm³/mol. The lowest BCUT2D eigenvalue weighted by atomic mass is 10.0. The van der Waals surface area contributed by atoms with Crippen LogP contribution < -0.4 is 5.32 Å². The number of benzene rings is 3. The van der Waals surface area contributed by atoms with E-state index >= 15 is 0 Å². The lowest BCUT2D eigenvalue weighted by Crippen LogP contribution is -2.46. The highest BCUT2D eigenvalue weighted by atomic mass is 16.4. The Kier molecular flexibility index (Phi) is 6.44. The number of carbonyl (C=O) groups excluding carboxylic acids is 2. The molecular formula is C29H27N3O3. The van der Waals surface area contributed by atoms with Gasteiger partial charge in [0, 0.05) is 35.8 Å². The van der Waals surface area contributed by atoms with Crippen molar-refractivity contribution in [3.8, 4) is 22.8 Å². The molecule has 6 nitrogen and oxygen atoms in total. The van der Waals surface area contributed by atoms with E-state index in [2.05, 4.69) is 10.3 Å². The van der Waals surface area contributed by atoms with Crippen LogP contribution in [-0.4, -0.2) is 40.8 Å². The lowest BCUT2D eigenvalue weighted by molar-refractivity contribution is 0.0698. The summed E-state index contributed by atoms with van der Waals surface area (Å²) >= 11 is 0. The molecule has 1 N–H and O–H groups in total. The summed E-state index contributed by atoms with van der Waals surface area (Å²) in [6.45, 7) is 3.19. The Morgan fingerprint density at radius 3 is 2.34 bits per heavy atom. The third-order valence-corrected chi connectivity index (χ3v) is 6.38. The molecule has 0 saturated carbocycles. The normalized spacial score (nSPS) is 14.0. The van der Waals surface area contributed by atoms with Crippen LogP contribution in [0.5, 0.6) is 0 Å². The van der Waals surface area contributed by atoms with Crippen LogP contribution in [0.3, 0.4) is 0 Å². The number of nitrogens with one attached hydrogen (secondary N) is 1. The van der Waals surface area contributed by atoms with Crippen molar-refractivity contribution in [2.45, 2.75) is 25.8 Å². The molecule has 0 spiro atoms. The summed E-state index contributed by atoms with van der Waals surface area (Å²) in [5, 5.41) is 3.09. The topological polar surface area (TPSA) is 75.4 Å². The molecule has 6 heteroatoms. The van der Waals surface area contributed by atoms with Crippen molar-refractivity contribution in [2.24, 2.45) is 0 Å². The van der Waals surface area contributed by atoms with Crippen LogP contribution in [0.1, 0.15) is 39.1 Å². The van der Waals surface area contributed by atoms with Crippen molar-refractivity contribution in [3.05, 3.63) is 102 Å². The van der Waals surface area contributed by atoms with Gasteiger partial charge in [-0.1, -0.05) is 60.2 Å². The van der Waals surface area contributed by atoms with Crippen LogP contribution in [0, 0.1) is 6.92 Å². The average Bonchev–Trinajstić information content (AvgIpc) is 3.40. The number of carbonyl (C=O) groups is 2. The molecule has 4 aromatic rings. The standard InChI is InChI=1S/C29H27N3O3/c1-20-11-13-21(14-12-20)26-19-30-28(35-26)24-9-5-6-10-25(24)29(34)32-17-15-23(16-18-32)31-27(33)22-7-3-2-4-8-22/h2-14,19,23H,15-18H2,1H3,(H,31,33). The Morgan fingerprint density at radius 1 is 0.914 bits per heavy atom. The maximum atomic E-state index is 13.4. The van der Waals surface area contributed by atoms with Gasteiger partial charge in [0.05, 0.1) is 11.8 Å². The van der Waals surface area contributed by atoms with E-state index in [0.717, 1.165) is 5.56 Å². The molecule has 1 saturated heterocycles. The molecule has 1 aliphatic heterocycles. The van der Waals surface area contributed by atoms with E-state index in [4.69, 9.17) is 4.42 Å². The van der Waals surface area contributed by atoms with Gasteiger partial charge in [0.2, 0.25) is 5.89 Å². The fraction of sp³-hybridized carbons (Fsp3) is 0.207. The predicted octanol–water partition coefficient (Wildman–Crippen LogP) is 5.35. The minimum atomic E-state index is -0.0750. The summed E-state index contributed by atoms with van der Waals surface area (Å²) in [5.41, 5.74) is 4.01. The van der Waals surface area contributed by atoms with Gasteiger partial charge in [0.25, 0.3) is 11.8 Å². The highest BCUT2D eigenvalue weighted by Crippen LogP contribution is 2.29. The zero-order valence-corrected chi connectivity index (χ0v) is 19.6. The van der Waals surface area contributed by atoms with Gasteiger partial charge < -0.3 is 14.6 Å². The van der Waals surface area contributed by atoms with Crippen molar-refractivity contribution in [1.82, 2.24) is 15.2 Å². The van der Waals surface area contributed by atoms with E-state index in [1.807, 2.05) is 78.6 Å². The van der Waals surface area contributed by atoms with Gasteiger partial charge in [0.15, 0.2) is 5.76 Å². The molecule has 1 fully saturated rings. The Hall–Kier alpha value is -4.19. The Morgan fingerprint density at radius 2 is 1.60 bits per heavy atom. The van der Waals surface area contributed by atoms with Crippen molar-refractivity contribution in [1.29, 1.82) is 0 Å². The van der Waals surface area contributed by atoms with Gasteiger partial charge >= 0.3 is 0 Å². The number of aryl methyl sites for hydroxylation is 1. The first-order valence-electron chi connectivity index (χ1n) is 11.9. The fourth-order valence-electron chi connectivity index (χ4n) is 4.36. The quantitative estimate of drug-likeness (QED) is 0.431. The highest BCUT2D eigenvalue weighted by Gasteiger charge is 2.27. The first-order chi connectivity index (χ1) is 17.1. The van der Waals surface area contributed by atoms with Crippen LogP contribution in [0.4, 0.5) is 0 Å². The van der Waals surface area contributed by atoms with Crippen molar-refractivity contribution in [2.75, 3.05) is 13.1 Å². The van der Waals surface area contributed by atoms with Crippen LogP contribution >= 0.6 is 0 Å². The number of aromatic nitrogens is 1. The first kappa shape index (κ1) is 22.6. The maximum absolute atomic E-state index is 13.4.